The standard InChI is InChI=1S/C11H15N3O3/c1-7-6-8(13-17-7)9(15)14-5-4-12-10(16)11(14,2)3/h6H,4-5H2,1-3H3,(H,12,16). The molecule has 1 aliphatic rings. The van der Waals surface area contributed by atoms with Crippen LogP contribution in [0.1, 0.15) is 30.1 Å². The molecule has 1 aliphatic heterocycles. The van der Waals surface area contributed by atoms with E-state index >= 15 is 0 Å². The summed E-state index contributed by atoms with van der Waals surface area (Å²) >= 11 is 0. The molecule has 2 rings (SSSR count). The molecule has 0 radical (unpaired) electrons. The molecule has 6 nitrogen and oxygen atoms in total. The van der Waals surface area contributed by atoms with Gasteiger partial charge >= 0.3 is 0 Å². The van der Waals surface area contributed by atoms with Crippen LogP contribution in [-0.2, 0) is 4.79 Å². The van der Waals surface area contributed by atoms with Gasteiger partial charge in [-0.2, -0.15) is 0 Å². The highest BCUT2D eigenvalue weighted by Gasteiger charge is 2.41. The minimum absolute atomic E-state index is 0.155. The Morgan fingerprint density at radius 1 is 1.59 bits per heavy atom. The first-order chi connectivity index (χ1) is 7.93. The van der Waals surface area contributed by atoms with Crippen molar-refractivity contribution in [3.05, 3.63) is 17.5 Å². The first-order valence-electron chi connectivity index (χ1n) is 5.46. The maximum Gasteiger partial charge on any atom is 0.276 e. The van der Waals surface area contributed by atoms with Crippen LogP contribution in [0.25, 0.3) is 0 Å². The number of amides is 2. The highest BCUT2D eigenvalue weighted by Crippen LogP contribution is 2.20. The zero-order valence-corrected chi connectivity index (χ0v) is 10.1. The van der Waals surface area contributed by atoms with Gasteiger partial charge in [-0.3, -0.25) is 9.59 Å². The average molecular weight is 237 g/mol. The summed E-state index contributed by atoms with van der Waals surface area (Å²) in [4.78, 5) is 25.4. The number of hydrogen-bond donors (Lipinski definition) is 1. The average Bonchev–Trinajstić information content (AvgIpc) is 2.68. The summed E-state index contributed by atoms with van der Waals surface area (Å²) in [6, 6.07) is 1.57. The van der Waals surface area contributed by atoms with Gasteiger partial charge in [0.1, 0.15) is 11.3 Å². The van der Waals surface area contributed by atoms with Crippen LogP contribution in [-0.4, -0.2) is 40.5 Å². The molecule has 0 unspecified atom stereocenters. The lowest BCUT2D eigenvalue weighted by Crippen LogP contribution is -2.63. The van der Waals surface area contributed by atoms with Crippen molar-refractivity contribution < 1.29 is 14.1 Å². The molecule has 2 amide bonds. The van der Waals surface area contributed by atoms with Crippen LogP contribution >= 0.6 is 0 Å². The van der Waals surface area contributed by atoms with E-state index in [1.807, 2.05) is 0 Å². The van der Waals surface area contributed by atoms with E-state index < -0.39 is 5.54 Å². The topological polar surface area (TPSA) is 75.4 Å². The predicted octanol–water partition coefficient (Wildman–Crippen LogP) is 0.334. The summed E-state index contributed by atoms with van der Waals surface area (Å²) < 4.78 is 4.87. The largest absolute Gasteiger partial charge is 0.361 e. The molecule has 0 spiro atoms. The number of rotatable bonds is 1. The molecule has 1 saturated heterocycles. The highest BCUT2D eigenvalue weighted by molar-refractivity contribution is 5.98. The summed E-state index contributed by atoms with van der Waals surface area (Å²) in [5, 5.41) is 6.42. The number of piperazine rings is 1. The minimum Gasteiger partial charge on any atom is -0.361 e. The van der Waals surface area contributed by atoms with Gasteiger partial charge in [0.2, 0.25) is 5.91 Å². The van der Waals surface area contributed by atoms with Crippen molar-refractivity contribution in [2.75, 3.05) is 13.1 Å². The molecule has 0 aliphatic carbocycles. The summed E-state index contributed by atoms with van der Waals surface area (Å²) in [5.74, 6) is 0.145. The van der Waals surface area contributed by atoms with Gasteiger partial charge in [0, 0.05) is 19.2 Å². The van der Waals surface area contributed by atoms with Gasteiger partial charge in [-0.05, 0) is 20.8 Å². The predicted molar refractivity (Wildman–Crippen MR) is 59.4 cm³/mol. The van der Waals surface area contributed by atoms with Crippen molar-refractivity contribution in [2.45, 2.75) is 26.3 Å². The Balaban J connectivity index is 2.27. The van der Waals surface area contributed by atoms with E-state index in [0.29, 0.717) is 18.8 Å². The Labute approximate surface area is 98.9 Å². The third-order valence-electron chi connectivity index (χ3n) is 2.94. The zero-order valence-electron chi connectivity index (χ0n) is 10.1. The second kappa shape index (κ2) is 3.87. The summed E-state index contributed by atoms with van der Waals surface area (Å²) in [6.07, 6.45) is 0. The van der Waals surface area contributed by atoms with Crippen LogP contribution in [0.3, 0.4) is 0 Å². The first-order valence-corrected chi connectivity index (χ1v) is 5.46. The van der Waals surface area contributed by atoms with E-state index in [1.165, 1.54) is 4.90 Å². The maximum absolute atomic E-state index is 12.2. The van der Waals surface area contributed by atoms with Crippen molar-refractivity contribution in [3.63, 3.8) is 0 Å². The molecule has 1 N–H and O–H groups in total. The van der Waals surface area contributed by atoms with E-state index in [2.05, 4.69) is 10.5 Å². The van der Waals surface area contributed by atoms with Crippen LogP contribution in [0.5, 0.6) is 0 Å². The lowest BCUT2D eigenvalue weighted by molar-refractivity contribution is -0.133. The zero-order chi connectivity index (χ0) is 12.6. The second-order valence-corrected chi connectivity index (χ2v) is 4.59. The van der Waals surface area contributed by atoms with Gasteiger partial charge < -0.3 is 14.7 Å². The van der Waals surface area contributed by atoms with Gasteiger partial charge in [0.25, 0.3) is 5.91 Å². The Hall–Kier alpha value is -1.85. The molecule has 0 bridgehead atoms. The van der Waals surface area contributed by atoms with Gasteiger partial charge in [-0.25, -0.2) is 0 Å². The molecule has 17 heavy (non-hydrogen) atoms. The molecular weight excluding hydrogens is 222 g/mol. The van der Waals surface area contributed by atoms with Gasteiger partial charge in [-0.1, -0.05) is 5.16 Å². The van der Waals surface area contributed by atoms with Crippen molar-refractivity contribution in [1.82, 2.24) is 15.4 Å². The lowest BCUT2D eigenvalue weighted by atomic mass is 9.98. The Morgan fingerprint density at radius 3 is 2.88 bits per heavy atom. The number of aromatic nitrogens is 1. The van der Waals surface area contributed by atoms with E-state index in [4.69, 9.17) is 4.52 Å². The molecule has 2 heterocycles. The van der Waals surface area contributed by atoms with E-state index in [9.17, 15) is 9.59 Å². The van der Waals surface area contributed by atoms with Crippen LogP contribution in [0.2, 0.25) is 0 Å². The second-order valence-electron chi connectivity index (χ2n) is 4.59. The minimum atomic E-state index is -0.859. The molecule has 1 aromatic rings. The maximum atomic E-state index is 12.2. The van der Waals surface area contributed by atoms with Crippen molar-refractivity contribution in [3.8, 4) is 0 Å². The Bertz CT molecular complexity index is 464. The van der Waals surface area contributed by atoms with Crippen molar-refractivity contribution in [1.29, 1.82) is 0 Å². The number of carbonyl (C=O) groups is 2. The summed E-state index contributed by atoms with van der Waals surface area (Å²) in [6.45, 7) is 6.09. The van der Waals surface area contributed by atoms with Crippen LogP contribution in [0.15, 0.2) is 10.6 Å². The van der Waals surface area contributed by atoms with E-state index in [0.717, 1.165) is 0 Å². The first kappa shape index (κ1) is 11.6. The van der Waals surface area contributed by atoms with Crippen LogP contribution in [0, 0.1) is 6.92 Å². The van der Waals surface area contributed by atoms with Crippen LogP contribution < -0.4 is 5.32 Å². The molecule has 1 aromatic heterocycles. The molecule has 1 fully saturated rings. The van der Waals surface area contributed by atoms with Gasteiger partial charge in [0.05, 0.1) is 0 Å². The number of nitrogens with zero attached hydrogens (tertiary/aromatic N) is 2. The van der Waals surface area contributed by atoms with Crippen molar-refractivity contribution >= 4 is 11.8 Å². The molecular formula is C11H15N3O3. The number of hydrogen-bond acceptors (Lipinski definition) is 4. The number of nitrogens with one attached hydrogen (secondary N) is 1. The fourth-order valence-electron chi connectivity index (χ4n) is 1.86. The lowest BCUT2D eigenvalue weighted by Gasteiger charge is -2.40. The number of carbonyl (C=O) groups excluding carboxylic acids is 2. The Kier molecular flexibility index (Phi) is 2.65. The number of aryl methyl sites for hydroxylation is 1. The normalized spacial score (nSPS) is 19.0. The fourth-order valence-corrected chi connectivity index (χ4v) is 1.86. The Morgan fingerprint density at radius 2 is 2.29 bits per heavy atom. The van der Waals surface area contributed by atoms with Crippen molar-refractivity contribution in [2.24, 2.45) is 0 Å². The third-order valence-corrected chi connectivity index (χ3v) is 2.94. The molecule has 0 aromatic carbocycles. The SMILES string of the molecule is Cc1cc(C(=O)N2CCNC(=O)C2(C)C)no1. The van der Waals surface area contributed by atoms with Gasteiger partial charge in [-0.15, -0.1) is 0 Å². The molecule has 0 saturated carbocycles. The molecule has 92 valence electrons. The molecule has 6 heteroatoms. The quantitative estimate of drug-likeness (QED) is 0.764. The van der Waals surface area contributed by atoms with Gasteiger partial charge in [0.15, 0.2) is 5.69 Å². The van der Waals surface area contributed by atoms with E-state index in [-0.39, 0.29) is 17.5 Å². The fraction of sp³-hybridized carbons (Fsp3) is 0.545. The highest BCUT2D eigenvalue weighted by atomic mass is 16.5. The molecule has 0 atom stereocenters. The smallest absolute Gasteiger partial charge is 0.276 e. The van der Waals surface area contributed by atoms with Crippen LogP contribution in [0.4, 0.5) is 0 Å². The summed E-state index contributed by atoms with van der Waals surface area (Å²) in [7, 11) is 0. The van der Waals surface area contributed by atoms with E-state index in [1.54, 1.807) is 26.8 Å². The monoisotopic (exact) mass is 237 g/mol. The third kappa shape index (κ3) is 1.90. The summed E-state index contributed by atoms with van der Waals surface area (Å²) in [5.41, 5.74) is -0.618.